The maximum atomic E-state index is 14.1. The molecule has 1 aromatic carbocycles. The number of nitrogens with zero attached hydrogens (tertiary/aromatic N) is 6. The first-order valence-corrected chi connectivity index (χ1v) is 15.3. The Labute approximate surface area is 254 Å². The van der Waals surface area contributed by atoms with Crippen LogP contribution in [0.25, 0.3) is 10.9 Å². The van der Waals surface area contributed by atoms with Crippen LogP contribution in [-0.2, 0) is 10.3 Å². The molecule has 1 unspecified atom stereocenters. The van der Waals surface area contributed by atoms with Gasteiger partial charge in [0.25, 0.3) is 0 Å². The van der Waals surface area contributed by atoms with Gasteiger partial charge in [-0.05, 0) is 63.1 Å². The zero-order valence-electron chi connectivity index (χ0n) is 24.5. The fourth-order valence-corrected chi connectivity index (χ4v) is 6.84. The lowest BCUT2D eigenvalue weighted by Crippen LogP contribution is -2.44. The minimum atomic E-state index is -0.537. The summed E-state index contributed by atoms with van der Waals surface area (Å²) in [6.07, 6.45) is 9.08. The molecule has 11 heteroatoms. The van der Waals surface area contributed by atoms with Gasteiger partial charge in [0, 0.05) is 46.6 Å². The summed E-state index contributed by atoms with van der Waals surface area (Å²) < 4.78 is 21.8. The molecule has 4 heterocycles. The molecule has 2 N–H and O–H groups in total. The maximum Gasteiger partial charge on any atom is 0.213 e. The minimum Gasteiger partial charge on any atom is -0.381 e. The van der Waals surface area contributed by atoms with Crippen LogP contribution in [0.5, 0.6) is 0 Å². The van der Waals surface area contributed by atoms with Crippen LogP contribution < -0.4 is 10.6 Å². The van der Waals surface area contributed by atoms with E-state index >= 15 is 0 Å². The number of fused-ring (bicyclic) bond motifs is 1. The van der Waals surface area contributed by atoms with Crippen LogP contribution >= 0.6 is 11.6 Å². The third-order valence-corrected chi connectivity index (χ3v) is 9.70. The minimum absolute atomic E-state index is 0.0794. The first kappa shape index (κ1) is 28.0. The molecular weight excluding hydrogens is 567 g/mol. The molecular formula is C32H34ClFN8O. The molecule has 0 amide bonds. The van der Waals surface area contributed by atoms with Crippen LogP contribution in [0.3, 0.4) is 0 Å². The largest absolute Gasteiger partial charge is 0.381 e. The molecule has 3 aromatic heterocycles. The van der Waals surface area contributed by atoms with E-state index in [1.165, 1.54) is 18.9 Å². The molecule has 4 aromatic rings. The van der Waals surface area contributed by atoms with Gasteiger partial charge in [0.15, 0.2) is 0 Å². The topological polar surface area (TPSA) is 114 Å². The standard InChI is InChI=1S/C32H34ClFN8O/c1-18-22(6-7-27(34)37-18)30(25-16-42(41-40-25)32(9-10-32)20-4-5-20)38-21-12-23-28(39-26-8-11-43-17-31(26,2)3)19(14-35)15-36-29(23)24(33)13-21/h6-7,12-13,15-16,20,26,30,38H,4-5,8-11,17H2,1-3H3,(H,36,39)/t26-,30?/m1/s1. The van der Waals surface area contributed by atoms with Crippen LogP contribution in [0, 0.1) is 35.5 Å². The zero-order valence-corrected chi connectivity index (χ0v) is 25.2. The number of aromatic nitrogens is 5. The van der Waals surface area contributed by atoms with Crippen molar-refractivity contribution >= 4 is 33.9 Å². The molecule has 1 saturated heterocycles. The first-order chi connectivity index (χ1) is 20.7. The predicted octanol–water partition coefficient (Wildman–Crippen LogP) is 6.52. The highest BCUT2D eigenvalue weighted by Gasteiger charge is 2.56. The molecule has 43 heavy (non-hydrogen) atoms. The summed E-state index contributed by atoms with van der Waals surface area (Å²) in [5.74, 6) is 0.125. The van der Waals surface area contributed by atoms with Crippen molar-refractivity contribution in [3.63, 3.8) is 0 Å². The summed E-state index contributed by atoms with van der Waals surface area (Å²) in [5, 5.41) is 27.6. The van der Waals surface area contributed by atoms with Gasteiger partial charge in [-0.1, -0.05) is 36.7 Å². The molecule has 3 aliphatic rings. The van der Waals surface area contributed by atoms with Gasteiger partial charge in [-0.2, -0.15) is 9.65 Å². The van der Waals surface area contributed by atoms with Crippen molar-refractivity contribution in [2.24, 2.45) is 11.3 Å². The Morgan fingerprint density at radius 3 is 2.72 bits per heavy atom. The third-order valence-electron chi connectivity index (χ3n) is 9.41. The molecule has 7 rings (SSSR count). The summed E-state index contributed by atoms with van der Waals surface area (Å²) in [5.41, 5.74) is 4.43. The number of hydrogen-bond donors (Lipinski definition) is 2. The Balaban J connectivity index is 1.30. The molecule has 222 valence electrons. The number of halogens is 2. The molecule has 1 aliphatic heterocycles. The Bertz CT molecular complexity index is 1760. The van der Waals surface area contributed by atoms with Gasteiger partial charge >= 0.3 is 0 Å². The summed E-state index contributed by atoms with van der Waals surface area (Å²) in [4.78, 5) is 8.63. The lowest BCUT2D eigenvalue weighted by Gasteiger charge is -2.39. The molecule has 0 radical (unpaired) electrons. The molecule has 0 spiro atoms. The van der Waals surface area contributed by atoms with E-state index in [9.17, 15) is 9.65 Å². The predicted molar refractivity (Wildman–Crippen MR) is 162 cm³/mol. The Morgan fingerprint density at radius 2 is 2.02 bits per heavy atom. The fourth-order valence-electron chi connectivity index (χ4n) is 6.58. The van der Waals surface area contributed by atoms with Crippen molar-refractivity contribution in [2.75, 3.05) is 23.8 Å². The van der Waals surface area contributed by atoms with E-state index in [-0.39, 0.29) is 17.0 Å². The number of aryl methyl sites for hydroxylation is 1. The van der Waals surface area contributed by atoms with Gasteiger partial charge in [0.1, 0.15) is 11.8 Å². The highest BCUT2D eigenvalue weighted by molar-refractivity contribution is 6.35. The van der Waals surface area contributed by atoms with E-state index in [1.54, 1.807) is 19.2 Å². The summed E-state index contributed by atoms with van der Waals surface area (Å²) >= 11 is 6.84. The van der Waals surface area contributed by atoms with Crippen LogP contribution in [0.4, 0.5) is 15.8 Å². The van der Waals surface area contributed by atoms with E-state index < -0.39 is 12.0 Å². The normalized spacial score (nSPS) is 21.3. The second kappa shape index (κ2) is 10.4. The molecule has 2 atom stereocenters. The van der Waals surface area contributed by atoms with Gasteiger partial charge < -0.3 is 15.4 Å². The van der Waals surface area contributed by atoms with Crippen molar-refractivity contribution in [2.45, 2.75) is 70.5 Å². The monoisotopic (exact) mass is 600 g/mol. The fraction of sp³-hybridized carbons (Fsp3) is 0.469. The summed E-state index contributed by atoms with van der Waals surface area (Å²) in [6, 6.07) is 8.80. The smallest absolute Gasteiger partial charge is 0.213 e. The summed E-state index contributed by atoms with van der Waals surface area (Å²) in [6.45, 7) is 7.38. The van der Waals surface area contributed by atoms with E-state index in [4.69, 9.17) is 16.3 Å². The second-order valence-electron chi connectivity index (χ2n) is 12.9. The van der Waals surface area contributed by atoms with Crippen LogP contribution in [0.15, 0.2) is 36.7 Å². The number of nitriles is 1. The number of pyridine rings is 2. The summed E-state index contributed by atoms with van der Waals surface area (Å²) in [7, 11) is 0. The van der Waals surface area contributed by atoms with Crippen molar-refractivity contribution < 1.29 is 9.13 Å². The molecule has 9 nitrogen and oxygen atoms in total. The number of nitrogens with one attached hydrogen (secondary N) is 2. The quantitative estimate of drug-likeness (QED) is 0.220. The Kier molecular flexibility index (Phi) is 6.78. The molecule has 2 saturated carbocycles. The highest BCUT2D eigenvalue weighted by atomic mass is 35.5. The average Bonchev–Trinajstić information content (AvgIpc) is 3.91. The van der Waals surface area contributed by atoms with Crippen molar-refractivity contribution in [3.8, 4) is 6.07 Å². The Hall–Kier alpha value is -3.81. The van der Waals surface area contributed by atoms with E-state index in [0.717, 1.165) is 30.2 Å². The first-order valence-electron chi connectivity index (χ1n) is 14.9. The lowest BCUT2D eigenvalue weighted by molar-refractivity contribution is 0.00350. The number of rotatable bonds is 8. The average molecular weight is 601 g/mol. The van der Waals surface area contributed by atoms with Crippen LogP contribution in [0.1, 0.15) is 74.5 Å². The third kappa shape index (κ3) is 5.08. The van der Waals surface area contributed by atoms with Crippen molar-refractivity contribution in [1.82, 2.24) is 25.0 Å². The van der Waals surface area contributed by atoms with Gasteiger partial charge in [-0.15, -0.1) is 5.10 Å². The lowest BCUT2D eigenvalue weighted by atomic mass is 9.81. The van der Waals surface area contributed by atoms with Gasteiger partial charge in [0.05, 0.1) is 46.2 Å². The van der Waals surface area contributed by atoms with Crippen LogP contribution in [0.2, 0.25) is 5.02 Å². The Morgan fingerprint density at radius 1 is 1.21 bits per heavy atom. The van der Waals surface area contributed by atoms with Crippen molar-refractivity contribution in [3.05, 3.63) is 70.1 Å². The van der Waals surface area contributed by atoms with E-state index in [0.29, 0.717) is 58.0 Å². The zero-order chi connectivity index (χ0) is 29.9. The molecule has 2 aliphatic carbocycles. The maximum absolute atomic E-state index is 14.1. The van der Waals surface area contributed by atoms with Crippen molar-refractivity contribution in [1.29, 1.82) is 5.26 Å². The van der Waals surface area contributed by atoms with E-state index in [2.05, 4.69) is 50.8 Å². The van der Waals surface area contributed by atoms with Crippen LogP contribution in [-0.4, -0.2) is 44.2 Å². The number of hydrogen-bond acceptors (Lipinski definition) is 8. The van der Waals surface area contributed by atoms with Gasteiger partial charge in [-0.3, -0.25) is 4.98 Å². The number of ether oxygens (including phenoxy) is 1. The molecule has 0 bridgehead atoms. The van der Waals surface area contributed by atoms with Gasteiger partial charge in [-0.25, -0.2) is 9.67 Å². The molecule has 3 fully saturated rings. The highest BCUT2D eigenvalue weighted by Crippen LogP contribution is 2.59. The van der Waals surface area contributed by atoms with E-state index in [1.807, 2.05) is 23.0 Å². The SMILES string of the molecule is Cc1nc(F)ccc1C(Nc1cc(Cl)c2ncc(C#N)c(N[C@@H]3CCOCC3(C)C)c2c1)c1cn(C2(C3CC3)CC2)nn1. The number of benzene rings is 1. The number of anilines is 2. The van der Waals surface area contributed by atoms with Gasteiger partial charge in [0.2, 0.25) is 5.95 Å². The second-order valence-corrected chi connectivity index (χ2v) is 13.3.